The molecule has 0 spiro atoms. The lowest BCUT2D eigenvalue weighted by atomic mass is 9.98. The molecule has 0 aliphatic rings. The zero-order chi connectivity index (χ0) is 17.4. The first-order valence-electron chi connectivity index (χ1n) is 8.06. The molecule has 0 saturated carbocycles. The van der Waals surface area contributed by atoms with Crippen molar-refractivity contribution in [1.29, 1.82) is 0 Å². The highest BCUT2D eigenvalue weighted by Crippen LogP contribution is 2.21. The Kier molecular flexibility index (Phi) is 3.61. The molecule has 0 aliphatic carbocycles. The summed E-state index contributed by atoms with van der Waals surface area (Å²) < 4.78 is 2.53. The minimum Gasteiger partial charge on any atom is -0.425 e. The van der Waals surface area contributed by atoms with Gasteiger partial charge in [0.15, 0.2) is 0 Å². The minimum absolute atomic E-state index is 0.368. The van der Waals surface area contributed by atoms with Crippen molar-refractivity contribution in [3.05, 3.63) is 94.0 Å². The van der Waals surface area contributed by atoms with E-state index in [9.17, 15) is 10.0 Å². The minimum atomic E-state index is -0.368. The summed E-state index contributed by atoms with van der Waals surface area (Å²) in [6.07, 6.45) is 4.08. The van der Waals surface area contributed by atoms with E-state index in [1.165, 1.54) is 0 Å². The third kappa shape index (κ3) is 2.59. The third-order valence-electron chi connectivity index (χ3n) is 4.53. The second-order valence-electron chi connectivity index (χ2n) is 6.03. The summed E-state index contributed by atoms with van der Waals surface area (Å²) in [4.78, 5) is 12.6. The molecule has 0 bridgehead atoms. The van der Waals surface area contributed by atoms with Gasteiger partial charge in [-0.05, 0) is 42.3 Å². The molecule has 0 unspecified atom stereocenters. The van der Waals surface area contributed by atoms with Crippen molar-refractivity contribution in [2.45, 2.75) is 13.3 Å². The molecule has 4 rings (SSSR count). The van der Waals surface area contributed by atoms with Gasteiger partial charge in [-0.15, -0.1) is 4.73 Å². The Labute approximate surface area is 144 Å². The Balaban J connectivity index is 1.75. The van der Waals surface area contributed by atoms with Gasteiger partial charge in [-0.1, -0.05) is 30.3 Å². The zero-order valence-corrected chi connectivity index (χ0v) is 13.8. The second-order valence-corrected chi connectivity index (χ2v) is 6.03. The van der Waals surface area contributed by atoms with Crippen LogP contribution in [0, 0.1) is 6.92 Å². The van der Waals surface area contributed by atoms with Gasteiger partial charge in [-0.2, -0.15) is 5.10 Å². The molecular formula is C20H17N3O2. The number of hydrogen-bond acceptors (Lipinski definition) is 3. The summed E-state index contributed by atoms with van der Waals surface area (Å²) in [7, 11) is 0. The molecule has 1 N–H and O–H groups in total. The van der Waals surface area contributed by atoms with E-state index in [1.807, 2.05) is 61.7 Å². The fourth-order valence-electron chi connectivity index (χ4n) is 3.14. The molecule has 2 aromatic heterocycles. The number of aromatic nitrogens is 3. The fraction of sp³-hybridized carbons (Fsp3) is 0.100. The highest BCUT2D eigenvalue weighted by molar-refractivity contribution is 5.83. The number of para-hydroxylation sites is 1. The van der Waals surface area contributed by atoms with Gasteiger partial charge in [-0.3, -0.25) is 4.79 Å². The van der Waals surface area contributed by atoms with Gasteiger partial charge in [0.25, 0.3) is 5.56 Å². The van der Waals surface area contributed by atoms with E-state index in [2.05, 4.69) is 5.10 Å². The predicted molar refractivity (Wildman–Crippen MR) is 96.5 cm³/mol. The van der Waals surface area contributed by atoms with Crippen LogP contribution in [0.5, 0.6) is 0 Å². The van der Waals surface area contributed by atoms with E-state index < -0.39 is 0 Å². The van der Waals surface area contributed by atoms with Crippen molar-refractivity contribution in [2.75, 3.05) is 0 Å². The van der Waals surface area contributed by atoms with E-state index in [-0.39, 0.29) is 5.56 Å². The zero-order valence-electron chi connectivity index (χ0n) is 13.8. The average molecular weight is 331 g/mol. The van der Waals surface area contributed by atoms with E-state index in [0.717, 1.165) is 26.9 Å². The molecule has 0 saturated heterocycles. The van der Waals surface area contributed by atoms with Crippen LogP contribution in [0.2, 0.25) is 0 Å². The van der Waals surface area contributed by atoms with Crippen molar-refractivity contribution < 1.29 is 5.21 Å². The standard InChI is InChI=1S/C20H17N3O2/c1-14-17-5-2-3-6-19(17)23(25)20(24)18(14)13-15-7-9-16(10-8-15)22-12-4-11-21-22/h2-12,25H,13H2,1H3. The highest BCUT2D eigenvalue weighted by atomic mass is 16.5. The summed E-state index contributed by atoms with van der Waals surface area (Å²) in [6, 6.07) is 17.1. The van der Waals surface area contributed by atoms with Crippen molar-refractivity contribution in [2.24, 2.45) is 0 Å². The molecule has 124 valence electrons. The number of nitrogens with zero attached hydrogens (tertiary/aromatic N) is 3. The Morgan fingerprint density at radius 3 is 2.52 bits per heavy atom. The van der Waals surface area contributed by atoms with E-state index in [0.29, 0.717) is 17.5 Å². The van der Waals surface area contributed by atoms with Crippen molar-refractivity contribution in [3.63, 3.8) is 0 Å². The molecule has 4 aromatic rings. The number of fused-ring (bicyclic) bond motifs is 1. The summed E-state index contributed by atoms with van der Waals surface area (Å²) in [6.45, 7) is 1.93. The largest absolute Gasteiger partial charge is 0.425 e. The van der Waals surface area contributed by atoms with Crippen molar-refractivity contribution in [3.8, 4) is 5.69 Å². The quantitative estimate of drug-likeness (QED) is 0.586. The summed E-state index contributed by atoms with van der Waals surface area (Å²) in [5, 5.41) is 15.3. The van der Waals surface area contributed by atoms with E-state index in [4.69, 9.17) is 0 Å². The van der Waals surface area contributed by atoms with Crippen molar-refractivity contribution >= 4 is 10.9 Å². The maximum Gasteiger partial charge on any atom is 0.287 e. The summed E-state index contributed by atoms with van der Waals surface area (Å²) >= 11 is 0. The van der Waals surface area contributed by atoms with Gasteiger partial charge in [0, 0.05) is 29.8 Å². The smallest absolute Gasteiger partial charge is 0.287 e. The van der Waals surface area contributed by atoms with Crippen LogP contribution in [-0.4, -0.2) is 19.7 Å². The monoisotopic (exact) mass is 331 g/mol. The van der Waals surface area contributed by atoms with Crippen LogP contribution in [0.1, 0.15) is 16.7 Å². The normalized spacial score (nSPS) is 11.1. The lowest BCUT2D eigenvalue weighted by Crippen LogP contribution is -2.24. The third-order valence-corrected chi connectivity index (χ3v) is 4.53. The molecule has 2 heterocycles. The Bertz CT molecular complexity index is 1090. The van der Waals surface area contributed by atoms with E-state index in [1.54, 1.807) is 16.9 Å². The Morgan fingerprint density at radius 2 is 1.80 bits per heavy atom. The first kappa shape index (κ1) is 15.2. The molecule has 0 radical (unpaired) electrons. The molecule has 2 aromatic carbocycles. The lowest BCUT2D eigenvalue weighted by Gasteiger charge is -2.12. The molecular weight excluding hydrogens is 314 g/mol. The van der Waals surface area contributed by atoms with Crippen LogP contribution in [0.15, 0.2) is 71.8 Å². The van der Waals surface area contributed by atoms with Crippen LogP contribution >= 0.6 is 0 Å². The lowest BCUT2D eigenvalue weighted by molar-refractivity contribution is 0.187. The van der Waals surface area contributed by atoms with Gasteiger partial charge in [0.1, 0.15) is 0 Å². The predicted octanol–water partition coefficient (Wildman–Crippen LogP) is 3.32. The number of pyridine rings is 1. The van der Waals surface area contributed by atoms with E-state index >= 15 is 0 Å². The summed E-state index contributed by atoms with van der Waals surface area (Å²) in [5.41, 5.74) is 3.64. The van der Waals surface area contributed by atoms with Crippen LogP contribution in [0.4, 0.5) is 0 Å². The molecule has 0 amide bonds. The van der Waals surface area contributed by atoms with Crippen LogP contribution < -0.4 is 5.56 Å². The van der Waals surface area contributed by atoms with Gasteiger partial charge >= 0.3 is 0 Å². The first-order valence-corrected chi connectivity index (χ1v) is 8.06. The summed E-state index contributed by atoms with van der Waals surface area (Å²) in [5.74, 6) is 0. The number of rotatable bonds is 3. The van der Waals surface area contributed by atoms with Gasteiger partial charge in [0.2, 0.25) is 0 Å². The van der Waals surface area contributed by atoms with Gasteiger partial charge in [0.05, 0.1) is 11.2 Å². The molecule has 5 nitrogen and oxygen atoms in total. The topological polar surface area (TPSA) is 60.0 Å². The Hall–Kier alpha value is -3.34. The maximum atomic E-state index is 12.6. The van der Waals surface area contributed by atoms with Crippen molar-refractivity contribution in [1.82, 2.24) is 14.5 Å². The molecule has 0 fully saturated rings. The highest BCUT2D eigenvalue weighted by Gasteiger charge is 2.13. The molecule has 0 aliphatic heterocycles. The second kappa shape index (κ2) is 5.94. The SMILES string of the molecule is Cc1c(Cc2ccc(-n3cccn3)cc2)c(=O)n(O)c2ccccc12. The maximum absolute atomic E-state index is 12.6. The molecule has 25 heavy (non-hydrogen) atoms. The Morgan fingerprint density at radius 1 is 1.04 bits per heavy atom. The number of aryl methyl sites for hydroxylation is 1. The van der Waals surface area contributed by atoms with Crippen LogP contribution in [-0.2, 0) is 6.42 Å². The average Bonchev–Trinajstić information content (AvgIpc) is 3.19. The van der Waals surface area contributed by atoms with Crippen LogP contribution in [0.3, 0.4) is 0 Å². The van der Waals surface area contributed by atoms with Crippen LogP contribution in [0.25, 0.3) is 16.6 Å². The number of benzene rings is 2. The first-order chi connectivity index (χ1) is 12.1. The van der Waals surface area contributed by atoms with Gasteiger partial charge in [-0.25, -0.2) is 4.68 Å². The van der Waals surface area contributed by atoms with Gasteiger partial charge < -0.3 is 5.21 Å². The molecule has 0 atom stereocenters. The molecule has 5 heteroatoms. The fourth-order valence-corrected chi connectivity index (χ4v) is 3.14. The number of hydrogen-bond donors (Lipinski definition) is 1.